The van der Waals surface area contributed by atoms with Gasteiger partial charge in [-0.1, -0.05) is 20.8 Å². The van der Waals surface area contributed by atoms with Crippen LogP contribution in [0.2, 0.25) is 0 Å². The molecule has 0 aromatic carbocycles. The van der Waals surface area contributed by atoms with Gasteiger partial charge in [0.1, 0.15) is 5.78 Å². The van der Waals surface area contributed by atoms with E-state index in [0.29, 0.717) is 12.8 Å². The number of carbonyl (C=O) groups excluding carboxylic acids is 2. The summed E-state index contributed by atoms with van der Waals surface area (Å²) in [5.74, 6) is 0.174. The second-order valence-corrected chi connectivity index (χ2v) is 6.30. The van der Waals surface area contributed by atoms with Crippen molar-refractivity contribution in [1.29, 1.82) is 0 Å². The lowest BCUT2D eigenvalue weighted by atomic mass is 9.88. The first-order valence-corrected chi connectivity index (χ1v) is 5.76. The van der Waals surface area contributed by atoms with Crippen LogP contribution in [-0.4, -0.2) is 29.2 Å². The van der Waals surface area contributed by atoms with E-state index < -0.39 is 0 Å². The van der Waals surface area contributed by atoms with Gasteiger partial charge in [0.05, 0.1) is 0 Å². The van der Waals surface area contributed by atoms with Gasteiger partial charge in [-0.2, -0.15) is 0 Å². The Kier molecular flexibility index (Phi) is 4.71. The fourth-order valence-corrected chi connectivity index (χ4v) is 1.14. The van der Waals surface area contributed by atoms with E-state index in [9.17, 15) is 9.59 Å². The average molecular weight is 227 g/mol. The van der Waals surface area contributed by atoms with Crippen molar-refractivity contribution in [1.82, 2.24) is 4.90 Å². The molecule has 0 rings (SSSR count). The number of rotatable bonds is 3. The summed E-state index contributed by atoms with van der Waals surface area (Å²) in [6, 6.07) is 0. The minimum atomic E-state index is -0.347. The van der Waals surface area contributed by atoms with E-state index >= 15 is 0 Å². The van der Waals surface area contributed by atoms with Crippen LogP contribution in [0.15, 0.2) is 0 Å². The molecule has 0 atom stereocenters. The van der Waals surface area contributed by atoms with Gasteiger partial charge in [0.15, 0.2) is 0 Å². The van der Waals surface area contributed by atoms with E-state index in [-0.39, 0.29) is 22.6 Å². The molecule has 0 N–H and O–H groups in total. The summed E-state index contributed by atoms with van der Waals surface area (Å²) < 4.78 is 0. The third kappa shape index (κ3) is 4.77. The van der Waals surface area contributed by atoms with Crippen LogP contribution in [0, 0.1) is 5.41 Å². The van der Waals surface area contributed by atoms with E-state index in [1.807, 2.05) is 41.5 Å². The van der Waals surface area contributed by atoms with Crippen LogP contribution in [0.1, 0.15) is 54.4 Å². The van der Waals surface area contributed by atoms with Gasteiger partial charge in [-0.3, -0.25) is 9.59 Å². The molecule has 0 heterocycles. The van der Waals surface area contributed by atoms with Gasteiger partial charge in [-0.05, 0) is 20.8 Å². The molecule has 3 nitrogen and oxygen atoms in total. The first kappa shape index (κ1) is 15.1. The normalized spacial score (nSPS) is 12.4. The van der Waals surface area contributed by atoms with Crippen molar-refractivity contribution >= 4 is 11.7 Å². The fraction of sp³-hybridized carbons (Fsp3) is 0.846. The Morgan fingerprint density at radius 1 is 0.938 bits per heavy atom. The smallest absolute Gasteiger partial charge is 0.223 e. The zero-order chi connectivity index (χ0) is 13.1. The third-order valence-electron chi connectivity index (χ3n) is 2.78. The standard InChI is InChI=1S/C13H25NO2/c1-12(2,3)10(15)8-9-11(16)14(7)13(4,5)6/h8-9H2,1-7H3. The van der Waals surface area contributed by atoms with Gasteiger partial charge >= 0.3 is 0 Å². The van der Waals surface area contributed by atoms with Crippen molar-refractivity contribution in [3.8, 4) is 0 Å². The van der Waals surface area contributed by atoms with Crippen molar-refractivity contribution in [3.63, 3.8) is 0 Å². The molecule has 0 aliphatic carbocycles. The Labute approximate surface area is 99.2 Å². The predicted molar refractivity (Wildman–Crippen MR) is 66.2 cm³/mol. The molecule has 0 radical (unpaired) electrons. The molecule has 0 fully saturated rings. The number of hydrogen-bond donors (Lipinski definition) is 0. The molecular formula is C13H25NO2. The zero-order valence-electron chi connectivity index (χ0n) is 11.7. The number of nitrogens with zero attached hydrogens (tertiary/aromatic N) is 1. The van der Waals surface area contributed by atoms with Gasteiger partial charge < -0.3 is 4.90 Å². The van der Waals surface area contributed by atoms with Gasteiger partial charge in [0, 0.05) is 30.8 Å². The van der Waals surface area contributed by atoms with Crippen molar-refractivity contribution in [2.24, 2.45) is 5.41 Å². The maximum atomic E-state index is 11.8. The van der Waals surface area contributed by atoms with Crippen LogP contribution in [-0.2, 0) is 9.59 Å². The van der Waals surface area contributed by atoms with E-state index in [4.69, 9.17) is 0 Å². The summed E-state index contributed by atoms with van der Waals surface area (Å²) >= 11 is 0. The molecule has 0 aliphatic heterocycles. The average Bonchev–Trinajstić information content (AvgIpc) is 2.09. The highest BCUT2D eigenvalue weighted by Crippen LogP contribution is 2.19. The van der Waals surface area contributed by atoms with Crippen LogP contribution in [0.4, 0.5) is 0 Å². The molecule has 0 aliphatic rings. The molecule has 94 valence electrons. The van der Waals surface area contributed by atoms with Crippen LogP contribution in [0.5, 0.6) is 0 Å². The molecule has 0 unspecified atom stereocenters. The SMILES string of the molecule is CN(C(=O)CCC(=O)C(C)(C)C)C(C)(C)C. The summed E-state index contributed by atoms with van der Waals surface area (Å²) in [7, 11) is 1.78. The first-order chi connectivity index (χ1) is 6.96. The van der Waals surface area contributed by atoms with Crippen molar-refractivity contribution in [3.05, 3.63) is 0 Å². The summed E-state index contributed by atoms with van der Waals surface area (Å²) in [6.07, 6.45) is 0.645. The molecule has 16 heavy (non-hydrogen) atoms. The number of ketones is 1. The predicted octanol–water partition coefficient (Wildman–Crippen LogP) is 2.64. The van der Waals surface area contributed by atoms with Crippen molar-refractivity contribution in [2.45, 2.75) is 59.9 Å². The lowest BCUT2D eigenvalue weighted by Crippen LogP contribution is -2.42. The van der Waals surface area contributed by atoms with Gasteiger partial charge in [0.25, 0.3) is 0 Å². The molecule has 3 heteroatoms. The Balaban J connectivity index is 4.25. The minimum absolute atomic E-state index is 0.0325. The Hall–Kier alpha value is -0.860. The Bertz CT molecular complexity index is 269. The van der Waals surface area contributed by atoms with Crippen LogP contribution >= 0.6 is 0 Å². The lowest BCUT2D eigenvalue weighted by Gasteiger charge is -2.32. The van der Waals surface area contributed by atoms with Crippen LogP contribution in [0.3, 0.4) is 0 Å². The highest BCUT2D eigenvalue weighted by Gasteiger charge is 2.25. The second kappa shape index (κ2) is 4.98. The Morgan fingerprint density at radius 3 is 1.69 bits per heavy atom. The summed E-state index contributed by atoms with van der Waals surface area (Å²) in [4.78, 5) is 25.2. The highest BCUT2D eigenvalue weighted by molar-refractivity contribution is 5.88. The van der Waals surface area contributed by atoms with Gasteiger partial charge in [-0.15, -0.1) is 0 Å². The zero-order valence-corrected chi connectivity index (χ0v) is 11.7. The summed E-state index contributed by atoms with van der Waals surface area (Å²) in [5, 5.41) is 0. The van der Waals surface area contributed by atoms with Crippen molar-refractivity contribution < 1.29 is 9.59 Å². The van der Waals surface area contributed by atoms with Crippen molar-refractivity contribution in [2.75, 3.05) is 7.05 Å². The quantitative estimate of drug-likeness (QED) is 0.743. The maximum Gasteiger partial charge on any atom is 0.223 e. The monoisotopic (exact) mass is 227 g/mol. The fourth-order valence-electron chi connectivity index (χ4n) is 1.14. The Morgan fingerprint density at radius 2 is 1.38 bits per heavy atom. The maximum absolute atomic E-state index is 11.8. The van der Waals surface area contributed by atoms with E-state index in [2.05, 4.69) is 0 Å². The summed E-state index contributed by atoms with van der Waals surface area (Å²) in [5.41, 5.74) is -0.525. The number of Topliss-reactive ketones (excluding diaryl/α,β-unsaturated/α-hetero) is 1. The van der Waals surface area contributed by atoms with E-state index in [1.165, 1.54) is 0 Å². The number of hydrogen-bond acceptors (Lipinski definition) is 2. The largest absolute Gasteiger partial charge is 0.341 e. The molecule has 0 spiro atoms. The van der Waals surface area contributed by atoms with Gasteiger partial charge in [0.2, 0.25) is 5.91 Å². The lowest BCUT2D eigenvalue weighted by molar-refractivity contribution is -0.137. The molecular weight excluding hydrogens is 202 g/mol. The first-order valence-electron chi connectivity index (χ1n) is 5.76. The topological polar surface area (TPSA) is 37.4 Å². The van der Waals surface area contributed by atoms with Gasteiger partial charge in [-0.25, -0.2) is 0 Å². The molecule has 0 aromatic heterocycles. The molecule has 0 saturated heterocycles. The van der Waals surface area contributed by atoms with Crippen LogP contribution in [0.25, 0.3) is 0 Å². The summed E-state index contributed by atoms with van der Waals surface area (Å²) in [6.45, 7) is 11.6. The number of carbonyl (C=O) groups is 2. The second-order valence-electron chi connectivity index (χ2n) is 6.30. The van der Waals surface area contributed by atoms with Crippen LogP contribution < -0.4 is 0 Å². The molecule has 0 bridgehead atoms. The van der Waals surface area contributed by atoms with E-state index in [0.717, 1.165) is 0 Å². The molecule has 0 saturated carbocycles. The van der Waals surface area contributed by atoms with E-state index in [1.54, 1.807) is 11.9 Å². The minimum Gasteiger partial charge on any atom is -0.341 e. The number of amides is 1. The molecule has 0 aromatic rings. The third-order valence-corrected chi connectivity index (χ3v) is 2.78. The highest BCUT2D eigenvalue weighted by atomic mass is 16.2. The molecule has 1 amide bonds.